The fourth-order valence-electron chi connectivity index (χ4n) is 2.21. The van der Waals surface area contributed by atoms with Gasteiger partial charge in [-0.2, -0.15) is 0 Å². The second-order valence-electron chi connectivity index (χ2n) is 5.65. The predicted molar refractivity (Wildman–Crippen MR) is 72.9 cm³/mol. The van der Waals surface area contributed by atoms with Crippen LogP contribution in [0.15, 0.2) is 12.1 Å². The largest absolute Gasteiger partial charge is 0.372 e. The van der Waals surface area contributed by atoms with Crippen LogP contribution < -0.4 is 5.32 Å². The van der Waals surface area contributed by atoms with Crippen LogP contribution in [0.25, 0.3) is 0 Å². The summed E-state index contributed by atoms with van der Waals surface area (Å²) in [4.78, 5) is 14.5. The molecule has 1 aromatic heterocycles. The maximum Gasteiger partial charge on any atom is 0.274 e. The highest BCUT2D eigenvalue weighted by atomic mass is 16.2. The van der Waals surface area contributed by atoms with E-state index in [4.69, 9.17) is 0 Å². The molecule has 2 saturated carbocycles. The number of amides is 1. The van der Waals surface area contributed by atoms with E-state index in [1.54, 1.807) is 19.2 Å². The number of anilines is 1. The Labute approximate surface area is 113 Å². The Morgan fingerprint density at radius 3 is 2.26 bits per heavy atom. The number of hydrogen-bond acceptors (Lipinski definition) is 4. The van der Waals surface area contributed by atoms with E-state index >= 15 is 0 Å². The highest BCUT2D eigenvalue weighted by Crippen LogP contribution is 2.34. The highest BCUT2D eigenvalue weighted by molar-refractivity contribution is 5.92. The van der Waals surface area contributed by atoms with E-state index < -0.39 is 0 Å². The molecular formula is C14H20N4O. The first-order chi connectivity index (χ1) is 9.26. The number of nitrogens with one attached hydrogen (secondary N) is 1. The molecule has 0 aromatic carbocycles. The fraction of sp³-hybridized carbons (Fsp3) is 0.643. The van der Waals surface area contributed by atoms with Crippen molar-refractivity contribution in [3.63, 3.8) is 0 Å². The molecule has 3 rings (SSSR count). The molecule has 1 heterocycles. The van der Waals surface area contributed by atoms with Crippen LogP contribution in [0.4, 0.5) is 5.82 Å². The number of aromatic nitrogens is 2. The minimum absolute atomic E-state index is 0.0361. The Kier molecular flexibility index (Phi) is 3.36. The summed E-state index contributed by atoms with van der Waals surface area (Å²) in [5.41, 5.74) is 0.459. The molecule has 1 N–H and O–H groups in total. The fourth-order valence-corrected chi connectivity index (χ4v) is 2.21. The average Bonchev–Trinajstić information content (AvgIpc) is 3.32. The van der Waals surface area contributed by atoms with E-state index in [1.807, 2.05) is 4.90 Å². The van der Waals surface area contributed by atoms with Crippen molar-refractivity contribution in [2.45, 2.75) is 25.7 Å². The topological polar surface area (TPSA) is 58.1 Å². The van der Waals surface area contributed by atoms with Crippen molar-refractivity contribution in [1.29, 1.82) is 0 Å². The van der Waals surface area contributed by atoms with Gasteiger partial charge in [0.15, 0.2) is 5.69 Å². The summed E-state index contributed by atoms with van der Waals surface area (Å²) in [6.45, 7) is 1.79. The number of hydrogen-bond donors (Lipinski definition) is 1. The van der Waals surface area contributed by atoms with Crippen LogP contribution >= 0.6 is 0 Å². The van der Waals surface area contributed by atoms with Gasteiger partial charge in [-0.1, -0.05) is 0 Å². The first-order valence-electron chi connectivity index (χ1n) is 7.07. The van der Waals surface area contributed by atoms with E-state index in [-0.39, 0.29) is 5.91 Å². The summed E-state index contributed by atoms with van der Waals surface area (Å²) in [6.07, 6.45) is 5.05. The lowest BCUT2D eigenvalue weighted by atomic mass is 10.2. The van der Waals surface area contributed by atoms with Crippen molar-refractivity contribution in [1.82, 2.24) is 15.1 Å². The normalized spacial score (nSPS) is 18.2. The molecule has 19 heavy (non-hydrogen) atoms. The Balaban J connectivity index is 1.69. The molecule has 1 aromatic rings. The number of carbonyl (C=O) groups excluding carboxylic acids is 1. The standard InChI is InChI=1S/C14H20N4O/c1-15-13-7-6-12(16-17-13)14(19)18(8-10-2-3-10)9-11-4-5-11/h6-7,10-11H,2-5,8-9H2,1H3,(H,15,17). The number of nitrogens with zero attached hydrogens (tertiary/aromatic N) is 3. The second-order valence-corrected chi connectivity index (χ2v) is 5.65. The molecule has 5 heteroatoms. The van der Waals surface area contributed by atoms with Crippen LogP contribution in [0.5, 0.6) is 0 Å². The lowest BCUT2D eigenvalue weighted by molar-refractivity contribution is 0.0732. The van der Waals surface area contributed by atoms with Crippen LogP contribution in [0.3, 0.4) is 0 Å². The van der Waals surface area contributed by atoms with Gasteiger partial charge in [-0.3, -0.25) is 4.79 Å². The summed E-state index contributed by atoms with van der Waals surface area (Å²) >= 11 is 0. The molecule has 2 aliphatic rings. The third-order valence-electron chi connectivity index (χ3n) is 3.78. The monoisotopic (exact) mass is 260 g/mol. The first-order valence-corrected chi connectivity index (χ1v) is 7.07. The molecule has 2 aliphatic carbocycles. The molecule has 0 spiro atoms. The third kappa shape index (κ3) is 3.22. The lowest BCUT2D eigenvalue weighted by Gasteiger charge is -2.22. The zero-order chi connectivity index (χ0) is 13.2. The van der Waals surface area contributed by atoms with Crippen molar-refractivity contribution in [2.75, 3.05) is 25.5 Å². The molecule has 0 saturated heterocycles. The second kappa shape index (κ2) is 5.15. The van der Waals surface area contributed by atoms with Crippen molar-refractivity contribution in [3.8, 4) is 0 Å². The molecule has 0 aliphatic heterocycles. The van der Waals surface area contributed by atoms with Gasteiger partial charge < -0.3 is 10.2 Å². The van der Waals surface area contributed by atoms with Crippen LogP contribution in [-0.2, 0) is 0 Å². The van der Waals surface area contributed by atoms with Crippen molar-refractivity contribution < 1.29 is 4.79 Å². The SMILES string of the molecule is CNc1ccc(C(=O)N(CC2CC2)CC2CC2)nn1. The number of rotatable bonds is 6. The summed E-state index contributed by atoms with van der Waals surface area (Å²) in [5, 5.41) is 10.9. The highest BCUT2D eigenvalue weighted by Gasteiger charge is 2.32. The smallest absolute Gasteiger partial charge is 0.274 e. The van der Waals surface area contributed by atoms with Gasteiger partial charge >= 0.3 is 0 Å². The third-order valence-corrected chi connectivity index (χ3v) is 3.78. The number of carbonyl (C=O) groups is 1. The molecule has 0 atom stereocenters. The van der Waals surface area contributed by atoms with Gasteiger partial charge in [0.1, 0.15) is 5.82 Å². The van der Waals surface area contributed by atoms with Crippen LogP contribution in [0, 0.1) is 11.8 Å². The quantitative estimate of drug-likeness (QED) is 0.847. The van der Waals surface area contributed by atoms with Crippen molar-refractivity contribution in [3.05, 3.63) is 17.8 Å². The molecule has 2 fully saturated rings. The van der Waals surface area contributed by atoms with Gasteiger partial charge in [0.2, 0.25) is 0 Å². The van der Waals surface area contributed by atoms with E-state index in [1.165, 1.54) is 25.7 Å². The van der Waals surface area contributed by atoms with Gasteiger partial charge in [0.05, 0.1) is 0 Å². The Morgan fingerprint density at radius 2 is 1.84 bits per heavy atom. The van der Waals surface area contributed by atoms with Crippen molar-refractivity contribution in [2.24, 2.45) is 11.8 Å². The Morgan fingerprint density at radius 1 is 1.21 bits per heavy atom. The summed E-state index contributed by atoms with van der Waals surface area (Å²) in [6, 6.07) is 3.56. The zero-order valence-electron chi connectivity index (χ0n) is 11.3. The van der Waals surface area contributed by atoms with Gasteiger partial charge in [0, 0.05) is 20.1 Å². The minimum atomic E-state index is 0.0361. The van der Waals surface area contributed by atoms with Crippen LogP contribution in [0.2, 0.25) is 0 Å². The van der Waals surface area contributed by atoms with E-state index in [9.17, 15) is 4.79 Å². The van der Waals surface area contributed by atoms with Crippen LogP contribution in [0.1, 0.15) is 36.2 Å². The Hall–Kier alpha value is -1.65. The summed E-state index contributed by atoms with van der Waals surface area (Å²) < 4.78 is 0. The van der Waals surface area contributed by atoms with Crippen LogP contribution in [-0.4, -0.2) is 41.1 Å². The molecule has 1 amide bonds. The van der Waals surface area contributed by atoms with Gasteiger partial charge in [-0.15, -0.1) is 10.2 Å². The molecule has 0 unspecified atom stereocenters. The minimum Gasteiger partial charge on any atom is -0.372 e. The Bertz CT molecular complexity index is 437. The van der Waals surface area contributed by atoms with E-state index in [2.05, 4.69) is 15.5 Å². The molecule has 102 valence electrons. The van der Waals surface area contributed by atoms with Gasteiger partial charge in [-0.05, 0) is 49.7 Å². The maximum atomic E-state index is 12.5. The molecule has 0 radical (unpaired) electrons. The van der Waals surface area contributed by atoms with E-state index in [0.717, 1.165) is 13.1 Å². The van der Waals surface area contributed by atoms with Gasteiger partial charge in [0.25, 0.3) is 5.91 Å². The molecule has 0 bridgehead atoms. The zero-order valence-corrected chi connectivity index (χ0v) is 11.3. The lowest BCUT2D eigenvalue weighted by Crippen LogP contribution is -2.35. The predicted octanol–water partition coefficient (Wildman–Crippen LogP) is 1.78. The molecular weight excluding hydrogens is 240 g/mol. The first kappa shape index (κ1) is 12.4. The van der Waals surface area contributed by atoms with Crippen molar-refractivity contribution >= 4 is 11.7 Å². The molecule has 5 nitrogen and oxygen atoms in total. The average molecular weight is 260 g/mol. The summed E-state index contributed by atoms with van der Waals surface area (Å²) in [5.74, 6) is 2.15. The maximum absolute atomic E-state index is 12.5. The van der Waals surface area contributed by atoms with E-state index in [0.29, 0.717) is 23.3 Å². The van der Waals surface area contributed by atoms with Gasteiger partial charge in [-0.25, -0.2) is 0 Å². The summed E-state index contributed by atoms with van der Waals surface area (Å²) in [7, 11) is 1.79.